The molecular weight excluding hydrogens is 520 g/mol. The lowest BCUT2D eigenvalue weighted by molar-refractivity contribution is -0.389. The maximum Gasteiger partial charge on any atom is 0.363 e. The van der Waals surface area contributed by atoms with Crippen molar-refractivity contribution in [2.45, 2.75) is 58.2 Å². The van der Waals surface area contributed by atoms with E-state index in [1.54, 1.807) is 24.3 Å². The van der Waals surface area contributed by atoms with Crippen molar-refractivity contribution in [2.24, 2.45) is 0 Å². The van der Waals surface area contributed by atoms with Gasteiger partial charge in [0.1, 0.15) is 24.6 Å². The Morgan fingerprint density at radius 3 is 2.08 bits per heavy atom. The van der Waals surface area contributed by atoms with E-state index in [1.165, 1.54) is 25.3 Å². The number of carbonyl (C=O) groups is 4. The van der Waals surface area contributed by atoms with Crippen LogP contribution in [0.4, 0.5) is 5.82 Å². The summed E-state index contributed by atoms with van der Waals surface area (Å²) in [4.78, 5) is 61.4. The van der Waals surface area contributed by atoms with Gasteiger partial charge in [0.05, 0.1) is 0 Å². The van der Waals surface area contributed by atoms with Crippen LogP contribution in [-0.4, -0.2) is 64.8 Å². The molecule has 3 rings (SSSR count). The van der Waals surface area contributed by atoms with E-state index in [0.717, 1.165) is 20.8 Å². The molecule has 14 heteroatoms. The van der Waals surface area contributed by atoms with Crippen LogP contribution < -0.4 is 4.74 Å². The monoisotopic (exact) mass is 546 g/mol. The fraction of sp³-hybridized carbons (Fsp3) is 0.400. The van der Waals surface area contributed by atoms with Gasteiger partial charge in [-0.05, 0) is 33.7 Å². The topological polar surface area (TPSA) is 180 Å². The number of nitrogens with zero attached hydrogens (tertiary/aromatic N) is 2. The first-order valence-corrected chi connectivity index (χ1v) is 11.6. The van der Waals surface area contributed by atoms with Crippen LogP contribution in [0.5, 0.6) is 11.5 Å². The van der Waals surface area contributed by atoms with Crippen molar-refractivity contribution in [3.8, 4) is 11.5 Å². The minimum absolute atomic E-state index is 0.208. The summed E-state index contributed by atoms with van der Waals surface area (Å²) < 4.78 is 33.3. The Bertz CT molecular complexity index is 1230. The van der Waals surface area contributed by atoms with E-state index in [4.69, 9.17) is 28.4 Å². The van der Waals surface area contributed by atoms with E-state index in [0.29, 0.717) is 5.56 Å². The van der Waals surface area contributed by atoms with E-state index in [1.807, 2.05) is 0 Å². The maximum absolute atomic E-state index is 12.1. The highest BCUT2D eigenvalue weighted by molar-refractivity contribution is 5.69. The summed E-state index contributed by atoms with van der Waals surface area (Å²) in [5.74, 6) is -2.71. The highest BCUT2D eigenvalue weighted by Crippen LogP contribution is 2.39. The predicted molar refractivity (Wildman–Crippen MR) is 128 cm³/mol. The van der Waals surface area contributed by atoms with Crippen LogP contribution in [0.25, 0.3) is 0 Å². The molecule has 39 heavy (non-hydrogen) atoms. The lowest BCUT2D eigenvalue weighted by Crippen LogP contribution is -2.59. The van der Waals surface area contributed by atoms with Crippen molar-refractivity contribution < 1.29 is 52.5 Å². The molecule has 1 aromatic heterocycles. The second-order valence-electron chi connectivity index (χ2n) is 8.40. The van der Waals surface area contributed by atoms with Gasteiger partial charge < -0.3 is 38.5 Å². The van der Waals surface area contributed by atoms with Gasteiger partial charge >= 0.3 is 29.7 Å². The van der Waals surface area contributed by atoms with E-state index in [9.17, 15) is 29.3 Å². The summed E-state index contributed by atoms with van der Waals surface area (Å²) in [5, 5.41) is 10.8. The molecular formula is C25H26N2O12. The van der Waals surface area contributed by atoms with Crippen molar-refractivity contribution in [3.63, 3.8) is 0 Å². The number of benzene rings is 1. The SMILES string of the molecule is CC(=O)OC[C@H]1OC(c2cccc(Oc3ccc([N+](=O)[O-])nc3)c2)[C@@H](OC(C)=O)[C@@H](OC(C)=O)[C@@H]1OC(C)=O. The summed E-state index contributed by atoms with van der Waals surface area (Å²) in [7, 11) is 0. The molecule has 0 radical (unpaired) electrons. The van der Waals surface area contributed by atoms with Crippen LogP contribution >= 0.6 is 0 Å². The lowest BCUT2D eigenvalue weighted by Gasteiger charge is -2.44. The second-order valence-corrected chi connectivity index (χ2v) is 8.40. The number of rotatable bonds is 9. The van der Waals surface area contributed by atoms with E-state index >= 15 is 0 Å². The number of nitro groups is 1. The van der Waals surface area contributed by atoms with Crippen molar-refractivity contribution in [2.75, 3.05) is 6.61 Å². The van der Waals surface area contributed by atoms with Crippen molar-refractivity contribution in [3.05, 3.63) is 58.3 Å². The van der Waals surface area contributed by atoms with Crippen molar-refractivity contribution in [1.29, 1.82) is 0 Å². The Morgan fingerprint density at radius 2 is 1.51 bits per heavy atom. The normalized spacial score (nSPS) is 22.2. The molecule has 1 saturated heterocycles. The van der Waals surface area contributed by atoms with E-state index in [2.05, 4.69) is 4.98 Å². The van der Waals surface area contributed by atoms with Crippen molar-refractivity contribution >= 4 is 29.7 Å². The van der Waals surface area contributed by atoms with E-state index < -0.39 is 59.3 Å². The smallest absolute Gasteiger partial charge is 0.363 e. The Morgan fingerprint density at radius 1 is 0.872 bits per heavy atom. The number of hydrogen-bond acceptors (Lipinski definition) is 13. The molecule has 0 aliphatic carbocycles. The van der Waals surface area contributed by atoms with Gasteiger partial charge in [-0.1, -0.05) is 12.1 Å². The molecule has 1 aliphatic heterocycles. The number of esters is 4. The van der Waals surface area contributed by atoms with Crippen LogP contribution in [0, 0.1) is 10.1 Å². The Labute approximate surface area is 222 Å². The molecule has 2 aromatic rings. The minimum atomic E-state index is -1.32. The zero-order valence-electron chi connectivity index (χ0n) is 21.4. The first kappa shape index (κ1) is 29.0. The largest absolute Gasteiger partial charge is 0.463 e. The highest BCUT2D eigenvalue weighted by atomic mass is 16.7. The minimum Gasteiger partial charge on any atom is -0.463 e. The van der Waals surface area contributed by atoms with Gasteiger partial charge in [0.15, 0.2) is 30.3 Å². The molecule has 0 spiro atoms. The third kappa shape index (κ3) is 7.95. The second kappa shape index (κ2) is 12.8. The van der Waals surface area contributed by atoms with Crippen LogP contribution in [0.2, 0.25) is 0 Å². The molecule has 0 amide bonds. The first-order valence-electron chi connectivity index (χ1n) is 11.6. The molecule has 5 atom stereocenters. The van der Waals surface area contributed by atoms with Crippen LogP contribution in [-0.2, 0) is 42.9 Å². The summed E-state index contributed by atoms with van der Waals surface area (Å²) >= 11 is 0. The van der Waals surface area contributed by atoms with Gasteiger partial charge in [-0.2, -0.15) is 0 Å². The fourth-order valence-corrected chi connectivity index (χ4v) is 3.93. The standard InChI is InChI=1S/C25H26N2O12/c1-13(28)34-12-20-23(35-14(2)29)25(37-16(4)31)24(36-15(3)30)22(39-20)17-6-5-7-18(10-17)38-19-8-9-21(26-11-19)27(32)33/h5-11,20,22-25H,12H2,1-4H3/t20-,22?,23-,24-,25+/m1/s1. The van der Waals surface area contributed by atoms with Crippen LogP contribution in [0.15, 0.2) is 42.6 Å². The molecule has 0 N–H and O–H groups in total. The molecule has 1 aromatic carbocycles. The van der Waals surface area contributed by atoms with Gasteiger partial charge in [-0.3, -0.25) is 19.2 Å². The summed E-state index contributed by atoms with van der Waals surface area (Å²) in [5.41, 5.74) is 0.403. The predicted octanol–water partition coefficient (Wildman–Crippen LogP) is 2.58. The first-order chi connectivity index (χ1) is 18.4. The molecule has 0 saturated carbocycles. The fourth-order valence-electron chi connectivity index (χ4n) is 3.93. The highest BCUT2D eigenvalue weighted by Gasteiger charge is 2.52. The Balaban J connectivity index is 2.00. The molecule has 1 fully saturated rings. The van der Waals surface area contributed by atoms with Gasteiger partial charge in [-0.15, -0.1) is 0 Å². The number of aromatic nitrogens is 1. The molecule has 14 nitrogen and oxygen atoms in total. The third-order valence-electron chi connectivity index (χ3n) is 5.32. The van der Waals surface area contributed by atoms with Gasteiger partial charge in [0.25, 0.3) is 0 Å². The van der Waals surface area contributed by atoms with Crippen LogP contribution in [0.3, 0.4) is 0 Å². The zero-order valence-corrected chi connectivity index (χ0v) is 21.4. The summed E-state index contributed by atoms with van der Waals surface area (Å²) in [6, 6.07) is 8.92. The molecule has 1 aliphatic rings. The van der Waals surface area contributed by atoms with Gasteiger partial charge in [0, 0.05) is 33.8 Å². The number of hydrogen-bond donors (Lipinski definition) is 0. The molecule has 1 unspecified atom stereocenters. The summed E-state index contributed by atoms with van der Waals surface area (Å²) in [6.45, 7) is 4.23. The Hall–Kier alpha value is -4.59. The number of pyridine rings is 1. The van der Waals surface area contributed by atoms with E-state index in [-0.39, 0.29) is 23.9 Å². The number of carbonyl (C=O) groups excluding carboxylic acids is 4. The maximum atomic E-state index is 12.1. The Kier molecular flexibility index (Phi) is 9.49. The zero-order chi connectivity index (χ0) is 28.7. The lowest BCUT2D eigenvalue weighted by atomic mass is 9.90. The van der Waals surface area contributed by atoms with Gasteiger partial charge in [0.2, 0.25) is 0 Å². The quantitative estimate of drug-likeness (QED) is 0.194. The number of ether oxygens (including phenoxy) is 6. The summed E-state index contributed by atoms with van der Waals surface area (Å²) in [6.07, 6.45) is -4.90. The molecule has 208 valence electrons. The third-order valence-corrected chi connectivity index (χ3v) is 5.32. The van der Waals surface area contributed by atoms with Crippen LogP contribution in [0.1, 0.15) is 39.4 Å². The molecule has 0 bridgehead atoms. The average molecular weight is 546 g/mol. The molecule has 2 heterocycles. The van der Waals surface area contributed by atoms with Gasteiger partial charge in [-0.25, -0.2) is 0 Å². The average Bonchev–Trinajstić information content (AvgIpc) is 2.85. The van der Waals surface area contributed by atoms with Crippen molar-refractivity contribution in [1.82, 2.24) is 4.98 Å².